The van der Waals surface area contributed by atoms with Crippen LogP contribution in [-0.4, -0.2) is 18.4 Å². The molecule has 0 saturated carbocycles. The summed E-state index contributed by atoms with van der Waals surface area (Å²) in [5, 5.41) is 0.897. The van der Waals surface area contributed by atoms with E-state index in [2.05, 4.69) is 0 Å². The van der Waals surface area contributed by atoms with Gasteiger partial charge in [0.2, 0.25) is 5.91 Å². The van der Waals surface area contributed by atoms with Crippen LogP contribution in [0.4, 0.5) is 5.69 Å². The van der Waals surface area contributed by atoms with Gasteiger partial charge in [-0.05, 0) is 30.3 Å². The minimum atomic E-state index is -0.530. The van der Waals surface area contributed by atoms with Crippen LogP contribution in [0.2, 0.25) is 10.0 Å². The molecule has 1 aliphatic heterocycles. The summed E-state index contributed by atoms with van der Waals surface area (Å²) in [5.41, 5.74) is 0.676. The summed E-state index contributed by atoms with van der Waals surface area (Å²) >= 11 is 11.9. The van der Waals surface area contributed by atoms with Crippen molar-refractivity contribution in [2.24, 2.45) is 5.92 Å². The molecule has 2 aromatic carbocycles. The maximum Gasteiger partial charge on any atom is 0.316 e. The highest BCUT2D eigenvalue weighted by Crippen LogP contribution is 2.29. The zero-order chi connectivity index (χ0) is 16.4. The van der Waals surface area contributed by atoms with Gasteiger partial charge in [-0.3, -0.25) is 9.59 Å². The fourth-order valence-electron chi connectivity index (χ4n) is 2.48. The van der Waals surface area contributed by atoms with E-state index in [0.717, 1.165) is 0 Å². The zero-order valence-electron chi connectivity index (χ0n) is 12.0. The first kappa shape index (κ1) is 15.8. The van der Waals surface area contributed by atoms with Crippen LogP contribution in [-0.2, 0) is 9.59 Å². The molecule has 1 saturated heterocycles. The maximum absolute atomic E-state index is 12.3. The molecule has 0 unspecified atom stereocenters. The van der Waals surface area contributed by atoms with Crippen LogP contribution in [0.5, 0.6) is 5.75 Å². The van der Waals surface area contributed by atoms with Gasteiger partial charge in [0.15, 0.2) is 0 Å². The quantitative estimate of drug-likeness (QED) is 0.622. The Kier molecular flexibility index (Phi) is 4.55. The van der Waals surface area contributed by atoms with Gasteiger partial charge in [0.25, 0.3) is 0 Å². The average Bonchev–Trinajstić information content (AvgIpc) is 2.92. The number of amides is 1. The first-order chi connectivity index (χ1) is 11.0. The van der Waals surface area contributed by atoms with Gasteiger partial charge in [0, 0.05) is 23.7 Å². The van der Waals surface area contributed by atoms with Crippen molar-refractivity contribution in [2.45, 2.75) is 6.42 Å². The van der Waals surface area contributed by atoms with Crippen LogP contribution in [0, 0.1) is 5.92 Å². The van der Waals surface area contributed by atoms with Crippen LogP contribution in [0.15, 0.2) is 48.5 Å². The molecular formula is C17H13Cl2NO3. The standard InChI is InChI=1S/C17H13Cl2NO3/c18-12-4-3-5-13(9-12)20-10-11(8-16(20)21)17(22)23-15-7-2-1-6-14(15)19/h1-7,9,11H,8,10H2/t11-/m1/s1. The van der Waals surface area contributed by atoms with Crippen molar-refractivity contribution in [3.63, 3.8) is 0 Å². The van der Waals surface area contributed by atoms with Crippen LogP contribution >= 0.6 is 23.2 Å². The SMILES string of the molecule is O=C(Oc1ccccc1Cl)[C@@H]1CC(=O)N(c2cccc(Cl)c2)C1. The van der Waals surface area contributed by atoms with Crippen molar-refractivity contribution in [1.29, 1.82) is 0 Å². The number of ether oxygens (including phenoxy) is 1. The normalized spacial score (nSPS) is 17.4. The molecule has 0 radical (unpaired) electrons. The molecule has 0 bridgehead atoms. The summed E-state index contributed by atoms with van der Waals surface area (Å²) in [6.45, 7) is 0.266. The molecule has 1 heterocycles. The van der Waals surface area contributed by atoms with Crippen molar-refractivity contribution in [3.05, 3.63) is 58.6 Å². The van der Waals surface area contributed by atoms with Crippen molar-refractivity contribution in [1.82, 2.24) is 0 Å². The number of anilines is 1. The molecule has 1 aliphatic rings. The number of halogens is 2. The average molecular weight is 350 g/mol. The lowest BCUT2D eigenvalue weighted by molar-refractivity contribution is -0.139. The maximum atomic E-state index is 12.3. The highest BCUT2D eigenvalue weighted by atomic mass is 35.5. The second-order valence-electron chi connectivity index (χ2n) is 5.24. The van der Waals surface area contributed by atoms with Gasteiger partial charge in [-0.15, -0.1) is 0 Å². The number of carbonyl (C=O) groups is 2. The Morgan fingerprint density at radius 2 is 1.91 bits per heavy atom. The fraction of sp³-hybridized carbons (Fsp3) is 0.176. The highest BCUT2D eigenvalue weighted by Gasteiger charge is 2.36. The van der Waals surface area contributed by atoms with Crippen LogP contribution in [0.25, 0.3) is 0 Å². The van der Waals surface area contributed by atoms with E-state index < -0.39 is 11.9 Å². The molecule has 1 fully saturated rings. The molecule has 4 nitrogen and oxygen atoms in total. The monoisotopic (exact) mass is 349 g/mol. The molecule has 2 aromatic rings. The Hall–Kier alpha value is -2.04. The summed E-state index contributed by atoms with van der Waals surface area (Å²) in [4.78, 5) is 26.0. The minimum absolute atomic E-state index is 0.107. The van der Waals surface area contributed by atoms with E-state index in [4.69, 9.17) is 27.9 Å². The molecule has 1 atom stereocenters. The lowest BCUT2D eigenvalue weighted by Crippen LogP contribution is -2.27. The second-order valence-corrected chi connectivity index (χ2v) is 6.08. The number of hydrogen-bond donors (Lipinski definition) is 0. The zero-order valence-corrected chi connectivity index (χ0v) is 13.6. The van der Waals surface area contributed by atoms with Crippen molar-refractivity contribution < 1.29 is 14.3 Å². The third-order valence-corrected chi connectivity index (χ3v) is 4.17. The van der Waals surface area contributed by atoms with E-state index in [1.807, 2.05) is 0 Å². The highest BCUT2D eigenvalue weighted by molar-refractivity contribution is 6.32. The van der Waals surface area contributed by atoms with Crippen LogP contribution in [0.1, 0.15) is 6.42 Å². The van der Waals surface area contributed by atoms with Crippen molar-refractivity contribution in [3.8, 4) is 5.75 Å². The fourth-order valence-corrected chi connectivity index (χ4v) is 2.84. The van der Waals surface area contributed by atoms with Crippen LogP contribution < -0.4 is 9.64 Å². The van der Waals surface area contributed by atoms with E-state index in [9.17, 15) is 9.59 Å². The molecule has 6 heteroatoms. The Balaban J connectivity index is 1.72. The Bertz CT molecular complexity index is 763. The largest absolute Gasteiger partial charge is 0.425 e. The summed E-state index contributed by atoms with van der Waals surface area (Å²) in [7, 11) is 0. The molecule has 118 valence electrons. The molecule has 0 aromatic heterocycles. The predicted octanol–water partition coefficient (Wildman–Crippen LogP) is 3.95. The lowest BCUT2D eigenvalue weighted by atomic mass is 10.1. The minimum Gasteiger partial charge on any atom is -0.425 e. The number of nitrogens with zero attached hydrogens (tertiary/aromatic N) is 1. The van der Waals surface area contributed by atoms with E-state index in [-0.39, 0.29) is 18.9 Å². The van der Waals surface area contributed by atoms with Gasteiger partial charge >= 0.3 is 5.97 Å². The Morgan fingerprint density at radius 3 is 2.65 bits per heavy atom. The number of hydrogen-bond acceptors (Lipinski definition) is 3. The van der Waals surface area contributed by atoms with Gasteiger partial charge in [-0.2, -0.15) is 0 Å². The summed E-state index contributed by atoms with van der Waals surface area (Å²) in [5.74, 6) is -0.824. The summed E-state index contributed by atoms with van der Waals surface area (Å²) in [6.07, 6.45) is 0.107. The van der Waals surface area contributed by atoms with Gasteiger partial charge in [0.05, 0.1) is 10.9 Å². The van der Waals surface area contributed by atoms with Crippen molar-refractivity contribution in [2.75, 3.05) is 11.4 Å². The number of rotatable bonds is 3. The summed E-state index contributed by atoms with van der Waals surface area (Å²) < 4.78 is 5.31. The van der Waals surface area contributed by atoms with Gasteiger partial charge in [-0.1, -0.05) is 41.4 Å². The smallest absolute Gasteiger partial charge is 0.316 e. The summed E-state index contributed by atoms with van der Waals surface area (Å²) in [6, 6.07) is 13.7. The Labute approximate surface area is 143 Å². The first-order valence-corrected chi connectivity index (χ1v) is 7.82. The third-order valence-electron chi connectivity index (χ3n) is 3.63. The van der Waals surface area contributed by atoms with Gasteiger partial charge in [-0.25, -0.2) is 0 Å². The molecule has 23 heavy (non-hydrogen) atoms. The number of carbonyl (C=O) groups excluding carboxylic acids is 2. The second kappa shape index (κ2) is 6.60. The number of esters is 1. The molecule has 1 amide bonds. The van der Waals surface area contributed by atoms with Gasteiger partial charge in [0.1, 0.15) is 5.75 Å². The molecule has 3 rings (SSSR count). The lowest BCUT2D eigenvalue weighted by Gasteiger charge is -2.16. The molecular weight excluding hydrogens is 337 g/mol. The third kappa shape index (κ3) is 3.49. The van der Waals surface area contributed by atoms with Crippen LogP contribution in [0.3, 0.4) is 0 Å². The Morgan fingerprint density at radius 1 is 1.13 bits per heavy atom. The topological polar surface area (TPSA) is 46.6 Å². The van der Waals surface area contributed by atoms with Crippen molar-refractivity contribution >= 4 is 40.8 Å². The molecule has 0 N–H and O–H groups in total. The predicted molar refractivity (Wildman–Crippen MR) is 89.0 cm³/mol. The van der Waals surface area contributed by atoms with E-state index >= 15 is 0 Å². The van der Waals surface area contributed by atoms with E-state index in [1.165, 1.54) is 0 Å². The van der Waals surface area contributed by atoms with Gasteiger partial charge < -0.3 is 9.64 Å². The molecule has 0 spiro atoms. The van der Waals surface area contributed by atoms with E-state index in [0.29, 0.717) is 21.5 Å². The van der Waals surface area contributed by atoms with E-state index in [1.54, 1.807) is 53.4 Å². The first-order valence-electron chi connectivity index (χ1n) is 7.07. The number of para-hydroxylation sites is 1. The molecule has 0 aliphatic carbocycles. The number of benzene rings is 2.